The maximum atomic E-state index is 12.2. The maximum Gasteiger partial charge on any atom is 0.341 e. The number of hydrogen-bond acceptors (Lipinski definition) is 6. The highest BCUT2D eigenvalue weighted by molar-refractivity contribution is 5.97. The summed E-state index contributed by atoms with van der Waals surface area (Å²) in [6.07, 6.45) is 3.14. The molecule has 2 N–H and O–H groups in total. The van der Waals surface area contributed by atoms with E-state index in [1.165, 1.54) is 12.1 Å². The first kappa shape index (κ1) is 19.7. The highest BCUT2D eigenvalue weighted by Crippen LogP contribution is 2.29. The Labute approximate surface area is 152 Å². The molecule has 26 heavy (non-hydrogen) atoms. The number of hydrogen-bond donors (Lipinski definition) is 2. The normalized spacial score (nSPS) is 22.3. The second kappa shape index (κ2) is 8.64. The molecule has 0 radical (unpaired) electrons. The molecule has 0 spiro atoms. The minimum Gasteiger partial charge on any atom is -0.452 e. The summed E-state index contributed by atoms with van der Waals surface area (Å²) < 4.78 is 5.06. The number of nitro benzene ring substituents is 1. The van der Waals surface area contributed by atoms with Gasteiger partial charge in [-0.2, -0.15) is 0 Å². The lowest BCUT2D eigenvalue weighted by atomic mass is 9.78. The third-order valence-electron chi connectivity index (χ3n) is 5.09. The second-order valence-electron chi connectivity index (χ2n) is 6.75. The Balaban J connectivity index is 1.96. The number of esters is 1. The predicted octanol–water partition coefficient (Wildman–Crippen LogP) is 2.73. The summed E-state index contributed by atoms with van der Waals surface area (Å²) >= 11 is 0. The van der Waals surface area contributed by atoms with Crippen molar-refractivity contribution in [3.05, 3.63) is 33.9 Å². The van der Waals surface area contributed by atoms with Crippen LogP contribution in [0, 0.1) is 22.0 Å². The Hall–Kier alpha value is -2.64. The molecule has 1 amide bonds. The molecule has 0 aromatic heterocycles. The van der Waals surface area contributed by atoms with Crippen LogP contribution in [-0.4, -0.2) is 36.5 Å². The molecule has 0 unspecified atom stereocenters. The van der Waals surface area contributed by atoms with Gasteiger partial charge in [0.15, 0.2) is 6.61 Å². The van der Waals surface area contributed by atoms with Crippen molar-refractivity contribution < 1.29 is 19.2 Å². The van der Waals surface area contributed by atoms with E-state index in [-0.39, 0.29) is 23.2 Å². The van der Waals surface area contributed by atoms with Crippen molar-refractivity contribution in [1.82, 2.24) is 5.32 Å². The Morgan fingerprint density at radius 3 is 2.69 bits per heavy atom. The monoisotopic (exact) mass is 363 g/mol. The fourth-order valence-corrected chi connectivity index (χ4v) is 3.28. The van der Waals surface area contributed by atoms with Crippen LogP contribution in [0.2, 0.25) is 0 Å². The Morgan fingerprint density at radius 1 is 1.31 bits per heavy atom. The molecule has 0 bridgehead atoms. The molecule has 142 valence electrons. The number of non-ortho nitro benzene ring substituents is 1. The van der Waals surface area contributed by atoms with Crippen LogP contribution in [0.4, 0.5) is 11.4 Å². The standard InChI is InChI=1S/C18H25N3O5/c1-11-5-4-6-15(12(11)2)20-17(22)10-26-18(23)14-9-13(21(24)25)7-8-16(14)19-3/h7-9,11-12,15,19H,4-6,10H2,1-3H3,(H,20,22)/t11-,12-,15-/m1/s1. The third kappa shape index (κ3) is 4.71. The number of nitro groups is 1. The van der Waals surface area contributed by atoms with Gasteiger partial charge in [0.1, 0.15) is 0 Å². The van der Waals surface area contributed by atoms with E-state index in [1.54, 1.807) is 7.05 Å². The highest BCUT2D eigenvalue weighted by Gasteiger charge is 2.28. The van der Waals surface area contributed by atoms with Crippen LogP contribution in [0.3, 0.4) is 0 Å². The molecule has 1 saturated carbocycles. The van der Waals surface area contributed by atoms with Gasteiger partial charge >= 0.3 is 5.97 Å². The van der Waals surface area contributed by atoms with Gasteiger partial charge in [-0.3, -0.25) is 14.9 Å². The first-order chi connectivity index (χ1) is 12.3. The zero-order valence-corrected chi connectivity index (χ0v) is 15.3. The van der Waals surface area contributed by atoms with Crippen molar-refractivity contribution in [2.24, 2.45) is 11.8 Å². The molecule has 0 saturated heterocycles. The summed E-state index contributed by atoms with van der Waals surface area (Å²) in [4.78, 5) is 34.7. The van der Waals surface area contributed by atoms with E-state index in [2.05, 4.69) is 24.5 Å². The van der Waals surface area contributed by atoms with E-state index in [0.29, 0.717) is 17.5 Å². The summed E-state index contributed by atoms with van der Waals surface area (Å²) in [5.41, 5.74) is 0.204. The fraction of sp³-hybridized carbons (Fsp3) is 0.556. The van der Waals surface area contributed by atoms with E-state index >= 15 is 0 Å². The second-order valence-corrected chi connectivity index (χ2v) is 6.75. The van der Waals surface area contributed by atoms with Crippen molar-refractivity contribution in [2.45, 2.75) is 39.2 Å². The van der Waals surface area contributed by atoms with Gasteiger partial charge in [0.05, 0.1) is 10.5 Å². The molecule has 1 aromatic carbocycles. The summed E-state index contributed by atoms with van der Waals surface area (Å²) in [5.74, 6) is -0.227. The third-order valence-corrected chi connectivity index (χ3v) is 5.09. The lowest BCUT2D eigenvalue weighted by Crippen LogP contribution is -2.45. The molecule has 3 atom stereocenters. The molecular weight excluding hydrogens is 338 g/mol. The number of benzene rings is 1. The van der Waals surface area contributed by atoms with Gasteiger partial charge in [0.25, 0.3) is 11.6 Å². The molecule has 1 aliphatic rings. The summed E-state index contributed by atoms with van der Waals surface area (Å²) in [5, 5.41) is 16.6. The molecule has 0 heterocycles. The minimum absolute atomic E-state index is 0.0224. The first-order valence-electron chi connectivity index (χ1n) is 8.76. The van der Waals surface area contributed by atoms with E-state index in [0.717, 1.165) is 25.3 Å². The van der Waals surface area contributed by atoms with Gasteiger partial charge in [-0.15, -0.1) is 0 Å². The number of nitrogens with zero attached hydrogens (tertiary/aromatic N) is 1. The largest absolute Gasteiger partial charge is 0.452 e. The van der Waals surface area contributed by atoms with Crippen LogP contribution in [0.25, 0.3) is 0 Å². The Kier molecular flexibility index (Phi) is 6.54. The van der Waals surface area contributed by atoms with Crippen LogP contribution in [0.15, 0.2) is 18.2 Å². The number of carbonyl (C=O) groups excluding carboxylic acids is 2. The zero-order chi connectivity index (χ0) is 19.3. The number of nitrogens with one attached hydrogen (secondary N) is 2. The molecule has 1 fully saturated rings. The van der Waals surface area contributed by atoms with E-state index in [9.17, 15) is 19.7 Å². The molecule has 2 rings (SSSR count). The molecule has 8 nitrogen and oxygen atoms in total. The Morgan fingerprint density at radius 2 is 2.04 bits per heavy atom. The van der Waals surface area contributed by atoms with Crippen molar-refractivity contribution in [1.29, 1.82) is 0 Å². The van der Waals surface area contributed by atoms with E-state index in [1.807, 2.05) is 0 Å². The summed E-state index contributed by atoms with van der Waals surface area (Å²) in [6, 6.07) is 3.94. The van der Waals surface area contributed by atoms with E-state index in [4.69, 9.17) is 4.74 Å². The quantitative estimate of drug-likeness (QED) is 0.457. The van der Waals surface area contributed by atoms with Crippen LogP contribution in [0.1, 0.15) is 43.5 Å². The lowest BCUT2D eigenvalue weighted by Gasteiger charge is -2.34. The van der Waals surface area contributed by atoms with E-state index < -0.39 is 17.5 Å². The number of ether oxygens (including phenoxy) is 1. The molecule has 0 aliphatic heterocycles. The van der Waals surface area contributed by atoms with Crippen LogP contribution >= 0.6 is 0 Å². The average Bonchev–Trinajstić information content (AvgIpc) is 2.62. The van der Waals surface area contributed by atoms with Crippen LogP contribution in [-0.2, 0) is 9.53 Å². The predicted molar refractivity (Wildman–Crippen MR) is 97.0 cm³/mol. The van der Waals surface area contributed by atoms with Crippen molar-refractivity contribution in [3.63, 3.8) is 0 Å². The lowest BCUT2D eigenvalue weighted by molar-refractivity contribution is -0.384. The number of carbonyl (C=O) groups is 2. The molecule has 1 aliphatic carbocycles. The van der Waals surface area contributed by atoms with Crippen LogP contribution < -0.4 is 10.6 Å². The van der Waals surface area contributed by atoms with Crippen molar-refractivity contribution in [2.75, 3.05) is 19.0 Å². The smallest absolute Gasteiger partial charge is 0.341 e. The van der Waals surface area contributed by atoms with Gasteiger partial charge in [0, 0.05) is 30.9 Å². The Bertz CT molecular complexity index is 691. The van der Waals surface area contributed by atoms with Gasteiger partial charge in [-0.05, 0) is 24.3 Å². The highest BCUT2D eigenvalue weighted by atomic mass is 16.6. The zero-order valence-electron chi connectivity index (χ0n) is 15.3. The summed E-state index contributed by atoms with van der Waals surface area (Å²) in [7, 11) is 1.59. The molecule has 8 heteroatoms. The number of rotatable bonds is 6. The minimum atomic E-state index is -0.779. The van der Waals surface area contributed by atoms with Crippen molar-refractivity contribution in [3.8, 4) is 0 Å². The van der Waals surface area contributed by atoms with Crippen molar-refractivity contribution >= 4 is 23.3 Å². The number of anilines is 1. The maximum absolute atomic E-state index is 12.2. The van der Waals surface area contributed by atoms with Gasteiger partial charge in [-0.1, -0.05) is 26.7 Å². The van der Waals surface area contributed by atoms with Crippen LogP contribution in [0.5, 0.6) is 0 Å². The molecular formula is C18H25N3O5. The fourth-order valence-electron chi connectivity index (χ4n) is 3.28. The topological polar surface area (TPSA) is 111 Å². The summed E-state index contributed by atoms with van der Waals surface area (Å²) in [6.45, 7) is 3.87. The molecule has 1 aromatic rings. The SMILES string of the molecule is CNc1ccc([N+](=O)[O-])cc1C(=O)OCC(=O)N[C@@H]1CCC[C@@H](C)[C@H]1C. The number of amides is 1. The van der Waals surface area contributed by atoms with Gasteiger partial charge in [0.2, 0.25) is 0 Å². The van der Waals surface area contributed by atoms with Gasteiger partial charge < -0.3 is 15.4 Å². The van der Waals surface area contributed by atoms with Gasteiger partial charge in [-0.25, -0.2) is 4.79 Å². The average molecular weight is 363 g/mol. The first-order valence-corrected chi connectivity index (χ1v) is 8.76.